The summed E-state index contributed by atoms with van der Waals surface area (Å²) in [5, 5.41) is 14.6. The number of nitriles is 1. The number of imide groups is 1. The van der Waals surface area contributed by atoms with Gasteiger partial charge in [-0.15, -0.1) is 0 Å². The average molecular weight is 455 g/mol. The topological polar surface area (TPSA) is 117 Å². The fourth-order valence-corrected chi connectivity index (χ4v) is 3.91. The summed E-state index contributed by atoms with van der Waals surface area (Å²) in [7, 11) is 0. The van der Waals surface area contributed by atoms with Gasteiger partial charge in [-0.2, -0.15) is 5.26 Å². The minimum Gasteiger partial charge on any atom is -0.308 e. The lowest BCUT2D eigenvalue weighted by atomic mass is 10.2. The number of para-hydroxylation sites is 2. The third kappa shape index (κ3) is 5.08. The lowest BCUT2D eigenvalue weighted by molar-refractivity contribution is -0.117. The number of hydrogen-bond donors (Lipinski definition) is 2. The second-order valence-corrected chi connectivity index (χ2v) is 7.81. The van der Waals surface area contributed by atoms with Crippen LogP contribution >= 0.6 is 11.8 Å². The molecule has 0 unspecified atom stereocenters. The number of rotatable bonds is 5. The number of hydrogen-bond acceptors (Lipinski definition) is 6. The maximum atomic E-state index is 13.2. The van der Waals surface area contributed by atoms with Gasteiger partial charge in [-0.25, -0.2) is 9.78 Å². The molecule has 0 saturated carbocycles. The number of carbonyl (C=O) groups excluding carboxylic acids is 2. The van der Waals surface area contributed by atoms with Crippen molar-refractivity contribution in [2.75, 3.05) is 11.1 Å². The molecule has 0 aliphatic rings. The van der Waals surface area contributed by atoms with Gasteiger partial charge in [-0.3, -0.25) is 19.5 Å². The Morgan fingerprint density at radius 2 is 1.67 bits per heavy atom. The number of benzene rings is 3. The standard InChI is InChI=1S/C24H17N5O3S/c25-14-16-10-12-18(13-11-16)29-22(31)19-8-4-5-9-20(19)27-24(29)33-15-21(30)28-23(32)26-17-6-2-1-3-7-17/h1-13H,15H2,(H2,26,28,30,32). The molecule has 33 heavy (non-hydrogen) atoms. The minimum atomic E-state index is -0.650. The Morgan fingerprint density at radius 1 is 0.970 bits per heavy atom. The second kappa shape index (κ2) is 9.80. The monoisotopic (exact) mass is 455 g/mol. The summed E-state index contributed by atoms with van der Waals surface area (Å²) in [4.78, 5) is 42.2. The second-order valence-electron chi connectivity index (χ2n) is 6.87. The number of fused-ring (bicyclic) bond motifs is 1. The SMILES string of the molecule is N#Cc1ccc(-n2c(SCC(=O)NC(=O)Nc3ccccc3)nc3ccccc3c2=O)cc1. The van der Waals surface area contributed by atoms with Crippen LogP contribution in [0.1, 0.15) is 5.56 Å². The summed E-state index contributed by atoms with van der Waals surface area (Å²) in [5.41, 5.74) is 1.73. The molecule has 0 saturated heterocycles. The van der Waals surface area contributed by atoms with Gasteiger partial charge in [-0.05, 0) is 48.5 Å². The van der Waals surface area contributed by atoms with Gasteiger partial charge < -0.3 is 5.32 Å². The summed E-state index contributed by atoms with van der Waals surface area (Å²) < 4.78 is 1.39. The molecule has 0 bridgehead atoms. The number of aromatic nitrogens is 2. The Hall–Kier alpha value is -4.42. The van der Waals surface area contributed by atoms with E-state index in [-0.39, 0.29) is 11.3 Å². The van der Waals surface area contributed by atoms with Crippen molar-refractivity contribution in [1.29, 1.82) is 5.26 Å². The van der Waals surface area contributed by atoms with Crippen LogP contribution < -0.4 is 16.2 Å². The Kier molecular flexibility index (Phi) is 6.48. The van der Waals surface area contributed by atoms with E-state index in [9.17, 15) is 14.4 Å². The average Bonchev–Trinajstić information content (AvgIpc) is 2.83. The molecule has 1 heterocycles. The van der Waals surface area contributed by atoms with Gasteiger partial charge in [0.05, 0.1) is 34.0 Å². The van der Waals surface area contributed by atoms with Crippen LogP contribution in [0.4, 0.5) is 10.5 Å². The van der Waals surface area contributed by atoms with E-state index in [1.807, 2.05) is 12.1 Å². The number of carbonyl (C=O) groups is 2. The lowest BCUT2D eigenvalue weighted by Gasteiger charge is -2.13. The molecule has 8 nitrogen and oxygen atoms in total. The molecule has 0 atom stereocenters. The van der Waals surface area contributed by atoms with Crippen LogP contribution in [0.2, 0.25) is 0 Å². The number of thioether (sulfide) groups is 1. The Morgan fingerprint density at radius 3 is 2.39 bits per heavy atom. The van der Waals surface area contributed by atoms with Crippen LogP contribution in [0, 0.1) is 11.3 Å². The molecular weight excluding hydrogens is 438 g/mol. The zero-order valence-corrected chi connectivity index (χ0v) is 18.0. The van der Waals surface area contributed by atoms with Crippen molar-refractivity contribution in [2.45, 2.75) is 5.16 Å². The third-order valence-corrected chi connectivity index (χ3v) is 5.56. The highest BCUT2D eigenvalue weighted by molar-refractivity contribution is 7.99. The van der Waals surface area contributed by atoms with Gasteiger partial charge in [0.15, 0.2) is 5.16 Å². The van der Waals surface area contributed by atoms with Gasteiger partial charge in [0.2, 0.25) is 5.91 Å². The van der Waals surface area contributed by atoms with Gasteiger partial charge in [0, 0.05) is 5.69 Å². The summed E-state index contributed by atoms with van der Waals surface area (Å²) in [6.45, 7) is 0. The van der Waals surface area contributed by atoms with E-state index in [1.165, 1.54) is 4.57 Å². The first-order valence-corrected chi connectivity index (χ1v) is 10.8. The lowest BCUT2D eigenvalue weighted by Crippen LogP contribution is -2.35. The fraction of sp³-hybridized carbons (Fsp3) is 0.0417. The van der Waals surface area contributed by atoms with Crippen molar-refractivity contribution < 1.29 is 9.59 Å². The summed E-state index contributed by atoms with van der Waals surface area (Å²) in [6.07, 6.45) is 0. The van der Waals surface area contributed by atoms with Crippen molar-refractivity contribution in [3.8, 4) is 11.8 Å². The Bertz CT molecular complexity index is 1430. The van der Waals surface area contributed by atoms with E-state index in [0.717, 1.165) is 11.8 Å². The molecule has 4 rings (SSSR count). The van der Waals surface area contributed by atoms with Crippen LogP contribution in [-0.2, 0) is 4.79 Å². The van der Waals surface area contributed by atoms with Crippen molar-refractivity contribution in [3.63, 3.8) is 0 Å². The van der Waals surface area contributed by atoms with E-state index in [4.69, 9.17) is 5.26 Å². The molecule has 4 aromatic rings. The normalized spacial score (nSPS) is 10.4. The van der Waals surface area contributed by atoms with Crippen molar-refractivity contribution in [2.24, 2.45) is 0 Å². The molecule has 0 fully saturated rings. The molecule has 0 aliphatic heterocycles. The van der Waals surface area contributed by atoms with Crippen molar-refractivity contribution >= 4 is 40.3 Å². The molecule has 3 amide bonds. The third-order valence-electron chi connectivity index (χ3n) is 4.62. The van der Waals surface area contributed by atoms with E-state index >= 15 is 0 Å². The Labute approximate surface area is 192 Å². The number of anilines is 1. The van der Waals surface area contributed by atoms with Crippen LogP contribution in [0.3, 0.4) is 0 Å². The highest BCUT2D eigenvalue weighted by Crippen LogP contribution is 2.21. The van der Waals surface area contributed by atoms with Crippen LogP contribution in [0.25, 0.3) is 16.6 Å². The summed E-state index contributed by atoms with van der Waals surface area (Å²) >= 11 is 1.03. The van der Waals surface area contributed by atoms with E-state index in [1.54, 1.807) is 72.8 Å². The molecule has 1 aromatic heterocycles. The molecule has 9 heteroatoms. The predicted molar refractivity (Wildman–Crippen MR) is 126 cm³/mol. The first-order chi connectivity index (χ1) is 16.0. The largest absolute Gasteiger partial charge is 0.325 e. The van der Waals surface area contributed by atoms with Gasteiger partial charge in [0.1, 0.15) is 0 Å². The molecule has 0 aliphatic carbocycles. The van der Waals surface area contributed by atoms with Crippen LogP contribution in [0.5, 0.6) is 0 Å². The number of urea groups is 1. The smallest absolute Gasteiger partial charge is 0.308 e. The minimum absolute atomic E-state index is 0.136. The molecule has 3 aromatic carbocycles. The Balaban J connectivity index is 1.57. The van der Waals surface area contributed by atoms with Crippen LogP contribution in [-0.4, -0.2) is 27.2 Å². The maximum absolute atomic E-state index is 13.2. The van der Waals surface area contributed by atoms with Crippen molar-refractivity contribution in [1.82, 2.24) is 14.9 Å². The van der Waals surface area contributed by atoms with E-state index in [0.29, 0.717) is 33.0 Å². The number of nitrogens with one attached hydrogen (secondary N) is 2. The van der Waals surface area contributed by atoms with Gasteiger partial charge >= 0.3 is 6.03 Å². The molecule has 2 N–H and O–H groups in total. The fourth-order valence-electron chi connectivity index (χ4n) is 3.10. The summed E-state index contributed by atoms with van der Waals surface area (Å²) in [5.74, 6) is -0.675. The van der Waals surface area contributed by atoms with E-state index < -0.39 is 11.9 Å². The first-order valence-electron chi connectivity index (χ1n) is 9.86. The number of nitrogens with zero attached hydrogens (tertiary/aromatic N) is 3. The number of amides is 3. The maximum Gasteiger partial charge on any atom is 0.325 e. The first kappa shape index (κ1) is 21.8. The van der Waals surface area contributed by atoms with Gasteiger partial charge in [0.25, 0.3) is 5.56 Å². The zero-order chi connectivity index (χ0) is 23.2. The molecular formula is C24H17N5O3S. The van der Waals surface area contributed by atoms with E-state index in [2.05, 4.69) is 15.6 Å². The molecule has 0 spiro atoms. The van der Waals surface area contributed by atoms with Crippen LogP contribution in [0.15, 0.2) is 88.8 Å². The molecule has 0 radical (unpaired) electrons. The highest BCUT2D eigenvalue weighted by atomic mass is 32.2. The quantitative estimate of drug-likeness (QED) is 0.350. The summed E-state index contributed by atoms with van der Waals surface area (Å²) in [6, 6.07) is 23.6. The highest BCUT2D eigenvalue weighted by Gasteiger charge is 2.16. The predicted octanol–water partition coefficient (Wildman–Crippen LogP) is 3.70. The zero-order valence-electron chi connectivity index (χ0n) is 17.2. The van der Waals surface area contributed by atoms with Crippen molar-refractivity contribution in [3.05, 3.63) is 94.8 Å². The van der Waals surface area contributed by atoms with Gasteiger partial charge in [-0.1, -0.05) is 42.1 Å². The molecule has 162 valence electrons.